The normalized spacial score (nSPS) is 12.1. The molecule has 20 heavy (non-hydrogen) atoms. The van der Waals surface area contributed by atoms with E-state index in [4.69, 9.17) is 0 Å². The number of aliphatic hydroxyl groups is 2. The maximum atomic E-state index is 9.60. The monoisotopic (exact) mass is 268 g/mol. The van der Waals surface area contributed by atoms with Gasteiger partial charge >= 0.3 is 0 Å². The maximum Gasteiger partial charge on any atom is 0.0648 e. The van der Waals surface area contributed by atoms with E-state index < -0.39 is 0 Å². The van der Waals surface area contributed by atoms with Crippen molar-refractivity contribution in [3.63, 3.8) is 0 Å². The Hall–Kier alpha value is -1.90. The van der Waals surface area contributed by atoms with E-state index in [9.17, 15) is 10.2 Å². The van der Waals surface area contributed by atoms with E-state index in [0.29, 0.717) is 12.8 Å². The van der Waals surface area contributed by atoms with Gasteiger partial charge in [-0.05, 0) is 35.1 Å². The van der Waals surface area contributed by atoms with Crippen LogP contribution in [-0.4, -0.2) is 23.4 Å². The van der Waals surface area contributed by atoms with E-state index in [1.807, 2.05) is 60.7 Å². The zero-order chi connectivity index (χ0) is 14.2. The number of aliphatic hydroxyl groups excluding tert-OH is 2. The van der Waals surface area contributed by atoms with Gasteiger partial charge in [-0.1, -0.05) is 60.7 Å². The van der Waals surface area contributed by atoms with Crippen LogP contribution in [0.15, 0.2) is 71.8 Å². The summed E-state index contributed by atoms with van der Waals surface area (Å²) < 4.78 is 0. The third kappa shape index (κ3) is 4.05. The Kier molecular flexibility index (Phi) is 5.54. The van der Waals surface area contributed by atoms with Gasteiger partial charge in [-0.15, -0.1) is 0 Å². The Morgan fingerprint density at radius 2 is 0.950 bits per heavy atom. The van der Waals surface area contributed by atoms with E-state index in [1.54, 1.807) is 0 Å². The third-order valence-electron chi connectivity index (χ3n) is 3.40. The van der Waals surface area contributed by atoms with E-state index in [1.165, 1.54) is 0 Å². The lowest BCUT2D eigenvalue weighted by Crippen LogP contribution is -2.07. The van der Waals surface area contributed by atoms with Crippen molar-refractivity contribution in [2.24, 2.45) is 0 Å². The Morgan fingerprint density at radius 3 is 1.25 bits per heavy atom. The molecule has 0 heterocycles. The van der Waals surface area contributed by atoms with Crippen molar-refractivity contribution >= 4 is 0 Å². The van der Waals surface area contributed by atoms with Crippen molar-refractivity contribution in [1.29, 1.82) is 0 Å². The molecular formula is C18H20O2. The molecule has 0 spiro atoms. The number of rotatable bonds is 6. The topological polar surface area (TPSA) is 40.5 Å². The van der Waals surface area contributed by atoms with Crippen LogP contribution in [0.4, 0.5) is 0 Å². The molecular weight excluding hydrogens is 248 g/mol. The van der Waals surface area contributed by atoms with E-state index in [2.05, 4.69) is 0 Å². The van der Waals surface area contributed by atoms with Crippen molar-refractivity contribution < 1.29 is 10.2 Å². The van der Waals surface area contributed by atoms with Gasteiger partial charge < -0.3 is 10.2 Å². The van der Waals surface area contributed by atoms with Crippen LogP contribution in [0.1, 0.15) is 11.1 Å². The standard InChI is InChI=1S/C18H20O2/c19-13-17(11-15-7-3-1-4-8-15)18(14-20)12-16-9-5-2-6-10-16/h1-10,19-20H,11-14H2/b18-17+. The van der Waals surface area contributed by atoms with Crippen LogP contribution in [-0.2, 0) is 12.8 Å². The molecule has 0 aliphatic carbocycles. The molecule has 2 rings (SSSR count). The van der Waals surface area contributed by atoms with Gasteiger partial charge in [0.15, 0.2) is 0 Å². The second-order valence-electron chi connectivity index (χ2n) is 4.85. The molecule has 0 bridgehead atoms. The Morgan fingerprint density at radius 1 is 0.600 bits per heavy atom. The van der Waals surface area contributed by atoms with Crippen LogP contribution in [0.25, 0.3) is 0 Å². The Balaban J connectivity index is 2.19. The van der Waals surface area contributed by atoms with Crippen LogP contribution >= 0.6 is 0 Å². The van der Waals surface area contributed by atoms with E-state index >= 15 is 0 Å². The summed E-state index contributed by atoms with van der Waals surface area (Å²) in [6.07, 6.45) is 1.36. The van der Waals surface area contributed by atoms with Crippen molar-refractivity contribution in [2.75, 3.05) is 13.2 Å². The summed E-state index contributed by atoms with van der Waals surface area (Å²) >= 11 is 0. The predicted octanol–water partition coefficient (Wildman–Crippen LogP) is 2.75. The van der Waals surface area contributed by atoms with E-state index in [0.717, 1.165) is 22.3 Å². The molecule has 0 aliphatic heterocycles. The van der Waals surface area contributed by atoms with Gasteiger partial charge in [0, 0.05) is 0 Å². The van der Waals surface area contributed by atoms with Crippen LogP contribution in [0.5, 0.6) is 0 Å². The summed E-state index contributed by atoms with van der Waals surface area (Å²) in [5.41, 5.74) is 4.11. The average molecular weight is 268 g/mol. The molecule has 2 aromatic carbocycles. The first-order valence-corrected chi connectivity index (χ1v) is 6.83. The molecule has 0 unspecified atom stereocenters. The lowest BCUT2D eigenvalue weighted by Gasteiger charge is -2.12. The fourth-order valence-corrected chi connectivity index (χ4v) is 2.27. The van der Waals surface area contributed by atoms with Gasteiger partial charge in [-0.25, -0.2) is 0 Å². The van der Waals surface area contributed by atoms with Crippen LogP contribution < -0.4 is 0 Å². The van der Waals surface area contributed by atoms with Crippen molar-refractivity contribution in [1.82, 2.24) is 0 Å². The summed E-state index contributed by atoms with van der Waals surface area (Å²) in [5.74, 6) is 0. The molecule has 0 saturated carbocycles. The maximum absolute atomic E-state index is 9.60. The zero-order valence-corrected chi connectivity index (χ0v) is 11.5. The predicted molar refractivity (Wildman–Crippen MR) is 81.5 cm³/mol. The molecule has 2 nitrogen and oxygen atoms in total. The molecule has 2 aromatic rings. The molecule has 0 radical (unpaired) electrons. The van der Waals surface area contributed by atoms with E-state index in [-0.39, 0.29) is 13.2 Å². The first kappa shape index (κ1) is 14.5. The highest BCUT2D eigenvalue weighted by Gasteiger charge is 2.07. The number of hydrogen-bond acceptors (Lipinski definition) is 2. The molecule has 2 N–H and O–H groups in total. The summed E-state index contributed by atoms with van der Waals surface area (Å²) in [6.45, 7) is -0.0325. The van der Waals surface area contributed by atoms with Gasteiger partial charge in [0.1, 0.15) is 0 Å². The first-order chi connectivity index (χ1) is 9.83. The minimum absolute atomic E-state index is 0.0162. The molecule has 0 amide bonds. The summed E-state index contributed by atoms with van der Waals surface area (Å²) in [6, 6.07) is 20.0. The summed E-state index contributed by atoms with van der Waals surface area (Å²) in [7, 11) is 0. The molecule has 0 saturated heterocycles. The smallest absolute Gasteiger partial charge is 0.0648 e. The minimum Gasteiger partial charge on any atom is -0.392 e. The lowest BCUT2D eigenvalue weighted by atomic mass is 9.96. The minimum atomic E-state index is -0.0162. The number of benzene rings is 2. The van der Waals surface area contributed by atoms with Gasteiger partial charge in [0.2, 0.25) is 0 Å². The third-order valence-corrected chi connectivity index (χ3v) is 3.40. The second-order valence-corrected chi connectivity index (χ2v) is 4.85. The fourth-order valence-electron chi connectivity index (χ4n) is 2.27. The quantitative estimate of drug-likeness (QED) is 0.791. The molecule has 0 fully saturated rings. The molecule has 0 atom stereocenters. The van der Waals surface area contributed by atoms with Gasteiger partial charge in [0.25, 0.3) is 0 Å². The van der Waals surface area contributed by atoms with Crippen molar-refractivity contribution in [3.8, 4) is 0 Å². The Labute approximate surface area is 120 Å². The highest BCUT2D eigenvalue weighted by molar-refractivity contribution is 5.30. The first-order valence-electron chi connectivity index (χ1n) is 6.83. The van der Waals surface area contributed by atoms with Crippen molar-refractivity contribution in [3.05, 3.63) is 82.9 Å². The molecule has 0 aliphatic rings. The van der Waals surface area contributed by atoms with Gasteiger partial charge in [-0.2, -0.15) is 0 Å². The van der Waals surface area contributed by atoms with Crippen molar-refractivity contribution in [2.45, 2.75) is 12.8 Å². The average Bonchev–Trinajstić information content (AvgIpc) is 2.52. The highest BCUT2D eigenvalue weighted by Crippen LogP contribution is 2.16. The largest absolute Gasteiger partial charge is 0.392 e. The lowest BCUT2D eigenvalue weighted by molar-refractivity contribution is 0.307. The highest BCUT2D eigenvalue weighted by atomic mass is 16.3. The molecule has 2 heteroatoms. The molecule has 0 aromatic heterocycles. The van der Waals surface area contributed by atoms with Gasteiger partial charge in [-0.3, -0.25) is 0 Å². The zero-order valence-electron chi connectivity index (χ0n) is 11.5. The van der Waals surface area contributed by atoms with Crippen LogP contribution in [0.3, 0.4) is 0 Å². The second kappa shape index (κ2) is 7.63. The summed E-state index contributed by atoms with van der Waals surface area (Å²) in [4.78, 5) is 0. The van der Waals surface area contributed by atoms with Crippen LogP contribution in [0.2, 0.25) is 0 Å². The summed E-state index contributed by atoms with van der Waals surface area (Å²) in [5, 5.41) is 19.2. The fraction of sp³-hybridized carbons (Fsp3) is 0.222. The SMILES string of the molecule is OC/C(Cc1ccccc1)=C(/CO)Cc1ccccc1. The number of hydrogen-bond donors (Lipinski definition) is 2. The van der Waals surface area contributed by atoms with Crippen LogP contribution in [0, 0.1) is 0 Å². The Bertz CT molecular complexity index is 493. The molecule has 104 valence electrons. The van der Waals surface area contributed by atoms with Gasteiger partial charge in [0.05, 0.1) is 13.2 Å².